The summed E-state index contributed by atoms with van der Waals surface area (Å²) in [4.78, 5) is 11.2. The molecule has 6 nitrogen and oxygen atoms in total. The first kappa shape index (κ1) is 13.8. The summed E-state index contributed by atoms with van der Waals surface area (Å²) in [5, 5.41) is 2.64. The number of sulfonamides is 1. The summed E-state index contributed by atoms with van der Waals surface area (Å²) in [6.45, 7) is 2.13. The second-order valence-corrected chi connectivity index (χ2v) is 6.39. The quantitative estimate of drug-likeness (QED) is 0.686. The minimum absolute atomic E-state index is 0.0463. The van der Waals surface area contributed by atoms with E-state index in [2.05, 4.69) is 10.0 Å². The molecule has 1 saturated heterocycles. The third kappa shape index (κ3) is 3.24. The van der Waals surface area contributed by atoms with Crippen molar-refractivity contribution in [1.82, 2.24) is 10.0 Å². The summed E-state index contributed by atoms with van der Waals surface area (Å²) < 4.78 is 26.9. The maximum absolute atomic E-state index is 12.2. The molecule has 104 valence electrons. The molecule has 0 aliphatic carbocycles. The average molecular weight is 283 g/mol. The molecule has 0 radical (unpaired) electrons. The number of piperidine rings is 1. The number of rotatable bonds is 3. The van der Waals surface area contributed by atoms with Crippen molar-refractivity contribution in [2.45, 2.75) is 30.7 Å². The minimum atomic E-state index is -3.60. The molecule has 0 bridgehead atoms. The molecule has 7 heteroatoms. The van der Waals surface area contributed by atoms with Crippen molar-refractivity contribution in [3.8, 4) is 0 Å². The predicted octanol–water partition coefficient (Wildman–Crippen LogP) is 0.134. The van der Waals surface area contributed by atoms with Crippen molar-refractivity contribution in [2.75, 3.05) is 12.3 Å². The molecule has 0 saturated carbocycles. The van der Waals surface area contributed by atoms with Crippen molar-refractivity contribution >= 4 is 21.6 Å². The van der Waals surface area contributed by atoms with Crippen LogP contribution < -0.4 is 15.8 Å². The van der Waals surface area contributed by atoms with Crippen LogP contribution in [0, 0.1) is 6.92 Å². The van der Waals surface area contributed by atoms with Crippen LogP contribution in [0.15, 0.2) is 23.1 Å². The maximum Gasteiger partial charge on any atom is 0.240 e. The molecule has 1 aromatic rings. The normalized spacial score (nSPS) is 20.1. The Balaban J connectivity index is 2.13. The van der Waals surface area contributed by atoms with E-state index in [1.54, 1.807) is 6.07 Å². The average Bonchev–Trinajstić information content (AvgIpc) is 2.35. The third-order valence-electron chi connectivity index (χ3n) is 3.15. The van der Waals surface area contributed by atoms with Crippen LogP contribution in [-0.4, -0.2) is 26.9 Å². The largest absolute Gasteiger partial charge is 0.398 e. The number of nitrogen functional groups attached to an aromatic ring is 1. The van der Waals surface area contributed by atoms with Crippen LogP contribution in [0.2, 0.25) is 0 Å². The van der Waals surface area contributed by atoms with Gasteiger partial charge in [-0.3, -0.25) is 4.79 Å². The second kappa shape index (κ2) is 5.18. The summed E-state index contributed by atoms with van der Waals surface area (Å²) in [5.41, 5.74) is 7.00. The minimum Gasteiger partial charge on any atom is -0.398 e. The number of anilines is 1. The van der Waals surface area contributed by atoms with Gasteiger partial charge in [-0.05, 0) is 31.0 Å². The van der Waals surface area contributed by atoms with Crippen LogP contribution in [0.4, 0.5) is 5.69 Å². The first-order valence-electron chi connectivity index (χ1n) is 6.03. The van der Waals surface area contributed by atoms with Crippen molar-refractivity contribution in [1.29, 1.82) is 0 Å². The highest BCUT2D eigenvalue weighted by molar-refractivity contribution is 7.89. The highest BCUT2D eigenvalue weighted by atomic mass is 32.2. The Labute approximate surface area is 112 Å². The Morgan fingerprint density at radius 1 is 1.42 bits per heavy atom. The molecule has 1 aliphatic rings. The Kier molecular flexibility index (Phi) is 3.77. The zero-order valence-electron chi connectivity index (χ0n) is 10.6. The Bertz CT molecular complexity index is 588. The molecule has 19 heavy (non-hydrogen) atoms. The zero-order chi connectivity index (χ0) is 14.0. The molecule has 1 aliphatic heterocycles. The van der Waals surface area contributed by atoms with E-state index in [-0.39, 0.29) is 16.8 Å². The molecule has 1 atom stereocenters. The van der Waals surface area contributed by atoms with E-state index in [4.69, 9.17) is 5.73 Å². The lowest BCUT2D eigenvalue weighted by atomic mass is 10.1. The third-order valence-corrected chi connectivity index (χ3v) is 4.67. The van der Waals surface area contributed by atoms with Crippen LogP contribution >= 0.6 is 0 Å². The van der Waals surface area contributed by atoms with Gasteiger partial charge < -0.3 is 11.1 Å². The first-order chi connectivity index (χ1) is 8.88. The van der Waals surface area contributed by atoms with Gasteiger partial charge in [-0.1, -0.05) is 6.07 Å². The highest BCUT2D eigenvalue weighted by Gasteiger charge is 2.24. The van der Waals surface area contributed by atoms with E-state index in [1.807, 2.05) is 6.92 Å². The molecule has 1 heterocycles. The molecule has 2 rings (SSSR count). The molecule has 0 aromatic heterocycles. The monoisotopic (exact) mass is 283 g/mol. The predicted molar refractivity (Wildman–Crippen MR) is 71.9 cm³/mol. The molecule has 1 fully saturated rings. The van der Waals surface area contributed by atoms with Gasteiger partial charge >= 0.3 is 0 Å². The van der Waals surface area contributed by atoms with E-state index in [1.165, 1.54) is 12.1 Å². The number of benzene rings is 1. The van der Waals surface area contributed by atoms with Crippen molar-refractivity contribution in [2.24, 2.45) is 0 Å². The number of amides is 1. The van der Waals surface area contributed by atoms with Gasteiger partial charge in [0.05, 0.1) is 4.90 Å². The maximum atomic E-state index is 12.2. The molecule has 1 amide bonds. The summed E-state index contributed by atoms with van der Waals surface area (Å²) in [6.07, 6.45) is 0.843. The van der Waals surface area contributed by atoms with Gasteiger partial charge in [0.2, 0.25) is 15.9 Å². The number of carbonyl (C=O) groups is 1. The first-order valence-corrected chi connectivity index (χ1v) is 7.52. The van der Waals surface area contributed by atoms with Crippen LogP contribution in [0.3, 0.4) is 0 Å². The smallest absolute Gasteiger partial charge is 0.240 e. The summed E-state index contributed by atoms with van der Waals surface area (Å²) in [6, 6.07) is 4.37. The standard InChI is InChI=1S/C12H17N3O3S/c1-8-2-4-10(6-11(8)13)19(17,18)15-9-3-5-12(16)14-7-9/h2,4,6,9,15H,3,5,7,13H2,1H3,(H,14,16). The van der Waals surface area contributed by atoms with Gasteiger partial charge in [-0.2, -0.15) is 0 Å². The number of carbonyl (C=O) groups excluding carboxylic acids is 1. The summed E-state index contributed by atoms with van der Waals surface area (Å²) >= 11 is 0. The van der Waals surface area contributed by atoms with E-state index in [0.29, 0.717) is 25.1 Å². The second-order valence-electron chi connectivity index (χ2n) is 4.68. The van der Waals surface area contributed by atoms with Gasteiger partial charge in [-0.15, -0.1) is 0 Å². The van der Waals surface area contributed by atoms with Gasteiger partial charge in [-0.25, -0.2) is 13.1 Å². The highest BCUT2D eigenvalue weighted by Crippen LogP contribution is 2.18. The van der Waals surface area contributed by atoms with Crippen molar-refractivity contribution in [3.05, 3.63) is 23.8 Å². The van der Waals surface area contributed by atoms with Crippen molar-refractivity contribution < 1.29 is 13.2 Å². The van der Waals surface area contributed by atoms with Gasteiger partial charge in [0.15, 0.2) is 0 Å². The van der Waals surface area contributed by atoms with Crippen LogP contribution in [-0.2, 0) is 14.8 Å². The molecule has 0 spiro atoms. The fourth-order valence-electron chi connectivity index (χ4n) is 1.91. The van der Waals surface area contributed by atoms with Crippen LogP contribution in [0.25, 0.3) is 0 Å². The molecule has 4 N–H and O–H groups in total. The van der Waals surface area contributed by atoms with E-state index in [0.717, 1.165) is 5.56 Å². The molecule has 1 aromatic carbocycles. The Morgan fingerprint density at radius 3 is 2.74 bits per heavy atom. The zero-order valence-corrected chi connectivity index (χ0v) is 11.5. The lowest BCUT2D eigenvalue weighted by molar-refractivity contribution is -0.122. The number of nitrogens with two attached hydrogens (primary N) is 1. The molecular formula is C12H17N3O3S. The Hall–Kier alpha value is -1.60. The fraction of sp³-hybridized carbons (Fsp3) is 0.417. The number of hydrogen-bond donors (Lipinski definition) is 3. The van der Waals surface area contributed by atoms with Crippen LogP contribution in [0.5, 0.6) is 0 Å². The van der Waals surface area contributed by atoms with Gasteiger partial charge in [0.1, 0.15) is 0 Å². The molecule has 1 unspecified atom stereocenters. The van der Waals surface area contributed by atoms with E-state index < -0.39 is 10.0 Å². The fourth-order valence-corrected chi connectivity index (χ4v) is 3.21. The number of nitrogens with one attached hydrogen (secondary N) is 2. The SMILES string of the molecule is Cc1ccc(S(=O)(=O)NC2CCC(=O)NC2)cc1N. The van der Waals surface area contributed by atoms with Gasteiger partial charge in [0, 0.05) is 24.7 Å². The summed E-state index contributed by atoms with van der Waals surface area (Å²) in [5.74, 6) is -0.0463. The molecular weight excluding hydrogens is 266 g/mol. The lowest BCUT2D eigenvalue weighted by Gasteiger charge is -2.23. The van der Waals surface area contributed by atoms with E-state index >= 15 is 0 Å². The lowest BCUT2D eigenvalue weighted by Crippen LogP contribution is -2.47. The Morgan fingerprint density at radius 2 is 2.16 bits per heavy atom. The number of aryl methyl sites for hydroxylation is 1. The van der Waals surface area contributed by atoms with Crippen molar-refractivity contribution in [3.63, 3.8) is 0 Å². The summed E-state index contributed by atoms with van der Waals surface area (Å²) in [7, 11) is -3.60. The van der Waals surface area contributed by atoms with E-state index in [9.17, 15) is 13.2 Å². The topological polar surface area (TPSA) is 101 Å². The van der Waals surface area contributed by atoms with Gasteiger partial charge in [0.25, 0.3) is 0 Å². The van der Waals surface area contributed by atoms with Crippen LogP contribution in [0.1, 0.15) is 18.4 Å². The number of hydrogen-bond acceptors (Lipinski definition) is 4.